The number of benzene rings is 1. The van der Waals surface area contributed by atoms with Crippen LogP contribution in [0.15, 0.2) is 30.4 Å². The standard InChI is InChI=1S/C11H13FN2O2/c1-8(2)6-13-7-9-3-4-11(14(15)16)10(12)5-9/h3-5,13H,1,6-7H2,2H3. The first-order valence-corrected chi connectivity index (χ1v) is 4.78. The summed E-state index contributed by atoms with van der Waals surface area (Å²) in [7, 11) is 0. The molecule has 0 aliphatic carbocycles. The molecule has 16 heavy (non-hydrogen) atoms. The van der Waals surface area contributed by atoms with Gasteiger partial charge in [0.05, 0.1) is 4.92 Å². The fourth-order valence-electron chi connectivity index (χ4n) is 1.23. The van der Waals surface area contributed by atoms with Crippen molar-refractivity contribution >= 4 is 5.69 Å². The van der Waals surface area contributed by atoms with Gasteiger partial charge in [-0.05, 0) is 18.6 Å². The second-order valence-corrected chi connectivity index (χ2v) is 3.60. The average molecular weight is 224 g/mol. The summed E-state index contributed by atoms with van der Waals surface area (Å²) in [6.45, 7) is 6.69. The van der Waals surface area contributed by atoms with Crippen LogP contribution in [0, 0.1) is 15.9 Å². The number of hydrogen-bond acceptors (Lipinski definition) is 3. The van der Waals surface area contributed by atoms with Crippen molar-refractivity contribution < 1.29 is 9.31 Å². The second-order valence-electron chi connectivity index (χ2n) is 3.60. The second kappa shape index (κ2) is 5.37. The van der Waals surface area contributed by atoms with Gasteiger partial charge in [0.25, 0.3) is 0 Å². The zero-order valence-corrected chi connectivity index (χ0v) is 9.00. The molecule has 0 fully saturated rings. The number of nitro groups is 1. The van der Waals surface area contributed by atoms with Crippen molar-refractivity contribution in [2.45, 2.75) is 13.5 Å². The number of nitrogens with zero attached hydrogens (tertiary/aromatic N) is 1. The molecule has 0 amide bonds. The van der Waals surface area contributed by atoms with Crippen molar-refractivity contribution in [2.24, 2.45) is 0 Å². The fraction of sp³-hybridized carbons (Fsp3) is 0.273. The predicted molar refractivity (Wildman–Crippen MR) is 59.6 cm³/mol. The summed E-state index contributed by atoms with van der Waals surface area (Å²) >= 11 is 0. The van der Waals surface area contributed by atoms with Gasteiger partial charge in [0, 0.05) is 19.2 Å². The molecule has 0 aromatic heterocycles. The van der Waals surface area contributed by atoms with E-state index < -0.39 is 16.4 Å². The van der Waals surface area contributed by atoms with Gasteiger partial charge in [-0.3, -0.25) is 10.1 Å². The quantitative estimate of drug-likeness (QED) is 0.474. The summed E-state index contributed by atoms with van der Waals surface area (Å²) in [5.74, 6) is -0.806. The Hall–Kier alpha value is -1.75. The Morgan fingerprint density at radius 2 is 2.31 bits per heavy atom. The Labute approximate surface area is 92.9 Å². The largest absolute Gasteiger partial charge is 0.309 e. The molecule has 0 atom stereocenters. The van der Waals surface area contributed by atoms with Crippen molar-refractivity contribution in [1.82, 2.24) is 5.32 Å². The molecule has 1 aromatic carbocycles. The SMILES string of the molecule is C=C(C)CNCc1ccc([N+](=O)[O-])c(F)c1. The van der Waals surface area contributed by atoms with Crippen LogP contribution < -0.4 is 5.32 Å². The summed E-state index contributed by atoms with van der Waals surface area (Å²) in [6, 6.07) is 3.88. The maximum absolute atomic E-state index is 13.2. The molecule has 0 radical (unpaired) electrons. The molecule has 0 spiro atoms. The van der Waals surface area contributed by atoms with Crippen molar-refractivity contribution in [3.63, 3.8) is 0 Å². The summed E-state index contributed by atoms with van der Waals surface area (Å²) in [4.78, 5) is 9.64. The van der Waals surface area contributed by atoms with Crippen LogP contribution in [0.4, 0.5) is 10.1 Å². The highest BCUT2D eigenvalue weighted by molar-refractivity contribution is 5.34. The minimum atomic E-state index is -0.806. The maximum Gasteiger partial charge on any atom is 0.304 e. The van der Waals surface area contributed by atoms with E-state index in [0.29, 0.717) is 18.7 Å². The summed E-state index contributed by atoms with van der Waals surface area (Å²) in [5, 5.41) is 13.4. The van der Waals surface area contributed by atoms with Crippen molar-refractivity contribution in [1.29, 1.82) is 0 Å². The molecule has 0 saturated carbocycles. The van der Waals surface area contributed by atoms with E-state index >= 15 is 0 Å². The van der Waals surface area contributed by atoms with Crippen LogP contribution >= 0.6 is 0 Å². The third-order valence-corrected chi connectivity index (χ3v) is 1.96. The third kappa shape index (κ3) is 3.43. The van der Waals surface area contributed by atoms with Crippen LogP contribution in [0.2, 0.25) is 0 Å². The van der Waals surface area contributed by atoms with E-state index in [4.69, 9.17) is 0 Å². The lowest BCUT2D eigenvalue weighted by Crippen LogP contribution is -2.15. The Kier molecular flexibility index (Phi) is 4.13. The highest BCUT2D eigenvalue weighted by Crippen LogP contribution is 2.17. The lowest BCUT2D eigenvalue weighted by Gasteiger charge is -2.04. The van der Waals surface area contributed by atoms with Gasteiger partial charge < -0.3 is 5.32 Å². The van der Waals surface area contributed by atoms with Crippen molar-refractivity contribution in [3.05, 3.63) is 51.8 Å². The van der Waals surface area contributed by atoms with E-state index in [1.54, 1.807) is 0 Å². The molecule has 1 N–H and O–H groups in total. The van der Waals surface area contributed by atoms with Gasteiger partial charge in [-0.1, -0.05) is 18.2 Å². The van der Waals surface area contributed by atoms with E-state index in [9.17, 15) is 14.5 Å². The Bertz CT molecular complexity index is 418. The number of nitro benzene ring substituents is 1. The lowest BCUT2D eigenvalue weighted by molar-refractivity contribution is -0.387. The molecule has 0 aliphatic rings. The average Bonchev–Trinajstić information content (AvgIpc) is 2.16. The maximum atomic E-state index is 13.2. The van der Waals surface area contributed by atoms with Crippen LogP contribution in [-0.2, 0) is 6.54 Å². The Balaban J connectivity index is 2.66. The lowest BCUT2D eigenvalue weighted by atomic mass is 10.2. The minimum Gasteiger partial charge on any atom is -0.309 e. The van der Waals surface area contributed by atoms with Gasteiger partial charge >= 0.3 is 5.69 Å². The first-order chi connectivity index (χ1) is 7.50. The first-order valence-electron chi connectivity index (χ1n) is 4.78. The monoisotopic (exact) mass is 224 g/mol. The molecule has 0 bridgehead atoms. The Morgan fingerprint density at radius 3 is 2.81 bits per heavy atom. The highest BCUT2D eigenvalue weighted by atomic mass is 19.1. The first kappa shape index (κ1) is 12.3. The van der Waals surface area contributed by atoms with Crippen LogP contribution in [-0.4, -0.2) is 11.5 Å². The van der Waals surface area contributed by atoms with Gasteiger partial charge in [0.2, 0.25) is 5.82 Å². The van der Waals surface area contributed by atoms with E-state index in [0.717, 1.165) is 5.57 Å². The van der Waals surface area contributed by atoms with Crippen molar-refractivity contribution in [3.8, 4) is 0 Å². The number of halogens is 1. The van der Waals surface area contributed by atoms with Crippen LogP contribution in [0.25, 0.3) is 0 Å². The van der Waals surface area contributed by atoms with E-state index in [1.165, 1.54) is 18.2 Å². The minimum absolute atomic E-state index is 0.460. The number of rotatable bonds is 5. The molecule has 0 heterocycles. The molecule has 0 unspecified atom stereocenters. The van der Waals surface area contributed by atoms with Gasteiger partial charge in [0.15, 0.2) is 0 Å². The smallest absolute Gasteiger partial charge is 0.304 e. The molecule has 86 valence electrons. The number of hydrogen-bond donors (Lipinski definition) is 1. The van der Waals surface area contributed by atoms with Crippen molar-refractivity contribution in [2.75, 3.05) is 6.54 Å². The van der Waals surface area contributed by atoms with E-state index in [1.807, 2.05) is 6.92 Å². The van der Waals surface area contributed by atoms with Gasteiger partial charge in [-0.25, -0.2) is 0 Å². The summed E-state index contributed by atoms with van der Waals surface area (Å²) < 4.78 is 13.2. The fourth-order valence-corrected chi connectivity index (χ4v) is 1.23. The van der Waals surface area contributed by atoms with Crippen LogP contribution in [0.5, 0.6) is 0 Å². The topological polar surface area (TPSA) is 55.2 Å². The molecule has 5 heteroatoms. The molecular weight excluding hydrogens is 211 g/mol. The molecule has 0 aliphatic heterocycles. The van der Waals surface area contributed by atoms with Gasteiger partial charge in [-0.2, -0.15) is 4.39 Å². The molecule has 4 nitrogen and oxygen atoms in total. The normalized spacial score (nSPS) is 10.1. The van der Waals surface area contributed by atoms with Gasteiger partial charge in [0.1, 0.15) is 0 Å². The zero-order valence-electron chi connectivity index (χ0n) is 9.00. The number of nitrogens with one attached hydrogen (secondary N) is 1. The Morgan fingerprint density at radius 1 is 1.62 bits per heavy atom. The molecule has 1 aromatic rings. The van der Waals surface area contributed by atoms with Crippen LogP contribution in [0.1, 0.15) is 12.5 Å². The third-order valence-electron chi connectivity index (χ3n) is 1.96. The molecular formula is C11H13FN2O2. The summed E-state index contributed by atoms with van der Waals surface area (Å²) in [6.07, 6.45) is 0. The van der Waals surface area contributed by atoms with Gasteiger partial charge in [-0.15, -0.1) is 0 Å². The summed E-state index contributed by atoms with van der Waals surface area (Å²) in [5.41, 5.74) is 1.15. The molecule has 1 rings (SSSR count). The zero-order chi connectivity index (χ0) is 12.1. The molecule has 0 saturated heterocycles. The highest BCUT2D eigenvalue weighted by Gasteiger charge is 2.13. The van der Waals surface area contributed by atoms with E-state index in [-0.39, 0.29) is 0 Å². The predicted octanol–water partition coefficient (Wildman–Crippen LogP) is 2.40. The van der Waals surface area contributed by atoms with E-state index in [2.05, 4.69) is 11.9 Å². The van der Waals surface area contributed by atoms with Crippen LogP contribution in [0.3, 0.4) is 0 Å².